The Morgan fingerprint density at radius 2 is 1.73 bits per heavy atom. The molecule has 0 atom stereocenters. The zero-order valence-corrected chi connectivity index (χ0v) is 19.1. The molecule has 186 valence electrons. The average Bonchev–Trinajstić information content (AvgIpc) is 3.48. The summed E-state index contributed by atoms with van der Waals surface area (Å²) in [5.41, 5.74) is 1.06. The van der Waals surface area contributed by atoms with Gasteiger partial charge < -0.3 is 9.84 Å². The lowest BCUT2D eigenvalue weighted by Gasteiger charge is -2.23. The number of ether oxygens (including phenoxy) is 1. The summed E-state index contributed by atoms with van der Waals surface area (Å²) in [4.78, 5) is 16.9. The van der Waals surface area contributed by atoms with E-state index in [1.807, 2.05) is 0 Å². The fourth-order valence-electron chi connectivity index (χ4n) is 4.24. The van der Waals surface area contributed by atoms with E-state index < -0.39 is 17.7 Å². The molecule has 1 aliphatic heterocycles. The highest BCUT2D eigenvalue weighted by molar-refractivity contribution is 5.85. The molecule has 4 heterocycles. The minimum absolute atomic E-state index is 0.0532. The molecule has 0 saturated carbocycles. The molecular weight excluding hydrogens is 486 g/mol. The van der Waals surface area contributed by atoms with Crippen LogP contribution in [-0.2, 0) is 19.7 Å². The first kappa shape index (κ1) is 22.5. The predicted molar refractivity (Wildman–Crippen MR) is 124 cm³/mol. The van der Waals surface area contributed by atoms with Crippen LogP contribution in [0.2, 0.25) is 0 Å². The zero-order chi connectivity index (χ0) is 25.5. The van der Waals surface area contributed by atoms with Crippen molar-refractivity contribution in [3.63, 3.8) is 0 Å². The van der Waals surface area contributed by atoms with Gasteiger partial charge in [-0.3, -0.25) is 4.90 Å². The molecule has 1 N–H and O–H groups in total. The van der Waals surface area contributed by atoms with Gasteiger partial charge in [0.15, 0.2) is 18.3 Å². The van der Waals surface area contributed by atoms with Crippen LogP contribution in [0.1, 0.15) is 11.6 Å². The molecule has 0 radical (unpaired) electrons. The second kappa shape index (κ2) is 8.93. The Kier molecular flexibility index (Phi) is 5.44. The molecule has 6 rings (SSSR count). The third-order valence-electron chi connectivity index (χ3n) is 5.99. The lowest BCUT2D eigenvalue weighted by atomic mass is 10.1. The summed E-state index contributed by atoms with van der Waals surface area (Å²) in [6.07, 6.45) is 0.374. The van der Waals surface area contributed by atoms with E-state index >= 15 is 0 Å². The minimum Gasteiger partial charge on any atom is -0.468 e. The number of hydrogen-bond acceptors (Lipinski definition) is 7. The molecule has 1 aliphatic rings. The van der Waals surface area contributed by atoms with Crippen molar-refractivity contribution in [2.24, 2.45) is 0 Å². The van der Waals surface area contributed by atoms with Gasteiger partial charge in [-0.15, -0.1) is 10.2 Å². The summed E-state index contributed by atoms with van der Waals surface area (Å²) in [6.45, 7) is 0.663. The highest BCUT2D eigenvalue weighted by Gasteiger charge is 2.25. The Hall–Kier alpha value is -4.94. The van der Waals surface area contributed by atoms with E-state index in [9.17, 15) is 18.7 Å². The first-order chi connectivity index (χ1) is 18.0. The first-order valence-corrected chi connectivity index (χ1v) is 11.3. The van der Waals surface area contributed by atoms with E-state index in [1.165, 1.54) is 27.7 Å². The second-order valence-corrected chi connectivity index (χ2v) is 8.27. The van der Waals surface area contributed by atoms with Crippen LogP contribution in [0.25, 0.3) is 28.0 Å². The van der Waals surface area contributed by atoms with Crippen molar-refractivity contribution >= 4 is 11.6 Å². The lowest BCUT2D eigenvalue weighted by molar-refractivity contribution is 0.130. The highest BCUT2D eigenvalue weighted by atomic mass is 19.1. The molecule has 0 unspecified atom stereocenters. The van der Waals surface area contributed by atoms with Crippen LogP contribution in [-0.4, -0.2) is 57.2 Å². The quantitative estimate of drug-likeness (QED) is 0.386. The number of benzene rings is 2. The molecule has 0 bridgehead atoms. The maximum atomic E-state index is 14.9. The average molecular weight is 504 g/mol. The molecule has 37 heavy (non-hydrogen) atoms. The fourth-order valence-corrected chi connectivity index (χ4v) is 4.24. The van der Waals surface area contributed by atoms with Crippen molar-refractivity contribution in [1.82, 2.24) is 39.5 Å². The number of rotatable bonds is 5. The maximum absolute atomic E-state index is 14.9. The molecule has 0 saturated heterocycles. The van der Waals surface area contributed by atoms with Crippen molar-refractivity contribution in [3.8, 4) is 28.4 Å². The summed E-state index contributed by atoms with van der Waals surface area (Å²) in [7, 11) is 0. The zero-order valence-electron chi connectivity index (χ0n) is 19.1. The summed E-state index contributed by atoms with van der Waals surface area (Å²) < 4.78 is 38.5. The number of hydrogen-bond donors (Lipinski definition) is 1. The van der Waals surface area contributed by atoms with Crippen molar-refractivity contribution in [2.45, 2.75) is 19.7 Å². The topological polar surface area (TPSA) is 124 Å². The number of carbonyl (C=O) groups is 1. The third-order valence-corrected chi connectivity index (χ3v) is 5.99. The highest BCUT2D eigenvalue weighted by Crippen LogP contribution is 2.37. The van der Waals surface area contributed by atoms with Gasteiger partial charge in [0.1, 0.15) is 23.0 Å². The van der Waals surface area contributed by atoms with Crippen LogP contribution in [0.15, 0.2) is 54.7 Å². The van der Waals surface area contributed by atoms with Gasteiger partial charge in [-0.05, 0) is 18.2 Å². The van der Waals surface area contributed by atoms with Gasteiger partial charge in [0, 0.05) is 12.1 Å². The fraction of sp³-hybridized carbons (Fsp3) is 0.167. The third kappa shape index (κ3) is 3.99. The molecule has 3 aromatic heterocycles. The van der Waals surface area contributed by atoms with Crippen LogP contribution in [0.3, 0.4) is 0 Å². The molecule has 0 fully saturated rings. The van der Waals surface area contributed by atoms with Gasteiger partial charge in [0.2, 0.25) is 5.88 Å². The molecule has 13 heteroatoms. The molecular formula is C24H18F2N8O3. The summed E-state index contributed by atoms with van der Waals surface area (Å²) in [6, 6.07) is 12.2. The first-order valence-electron chi connectivity index (χ1n) is 11.3. The second-order valence-electron chi connectivity index (χ2n) is 8.27. The lowest BCUT2D eigenvalue weighted by Crippen LogP contribution is -2.37. The molecule has 11 nitrogen and oxygen atoms in total. The van der Waals surface area contributed by atoms with Gasteiger partial charge in [0.25, 0.3) is 0 Å². The number of halogens is 2. The van der Waals surface area contributed by atoms with Gasteiger partial charge in [-0.25, -0.2) is 27.8 Å². The van der Waals surface area contributed by atoms with E-state index in [-0.39, 0.29) is 36.0 Å². The van der Waals surface area contributed by atoms with E-state index in [1.54, 1.807) is 41.1 Å². The van der Waals surface area contributed by atoms with Crippen LogP contribution in [0.5, 0.6) is 5.88 Å². The Morgan fingerprint density at radius 3 is 2.46 bits per heavy atom. The van der Waals surface area contributed by atoms with E-state index in [2.05, 4.69) is 25.4 Å². The number of nitrogens with zero attached hydrogens (tertiary/aromatic N) is 8. The van der Waals surface area contributed by atoms with Gasteiger partial charge in [-0.2, -0.15) is 10.2 Å². The van der Waals surface area contributed by atoms with E-state index in [0.717, 1.165) is 0 Å². The summed E-state index contributed by atoms with van der Waals surface area (Å²) in [5, 5.41) is 26.2. The smallest absolute Gasteiger partial charge is 0.407 e. The van der Waals surface area contributed by atoms with E-state index in [0.29, 0.717) is 35.8 Å². The molecule has 1 amide bonds. The molecule has 0 spiro atoms. The number of fused-ring (bicyclic) bond motifs is 2. The van der Waals surface area contributed by atoms with Gasteiger partial charge in [0.05, 0.1) is 30.4 Å². The monoisotopic (exact) mass is 504 g/mol. The van der Waals surface area contributed by atoms with Crippen molar-refractivity contribution in [2.75, 3.05) is 6.54 Å². The Morgan fingerprint density at radius 1 is 1.00 bits per heavy atom. The van der Waals surface area contributed by atoms with Gasteiger partial charge in [-0.1, -0.05) is 30.3 Å². The number of aromatic nitrogens is 7. The SMILES string of the molecule is O=C(O)N1CCn2nc(COc3nn4c(-c5ccccc5F)nncc4c3-c3ccccc3F)nc2C1. The summed E-state index contributed by atoms with van der Waals surface area (Å²) in [5.74, 6) is -0.0465. The standard InChI is InChI=1S/C24H18F2N8O3/c25-16-7-3-1-5-14(16)21-18-11-27-29-22(15-6-2-4-8-17(15)26)34(18)31-23(21)37-13-19-28-20-12-32(24(35)36)9-10-33(20)30-19/h1-8,11H,9-10,12-13H2,(H,35,36). The van der Waals surface area contributed by atoms with Crippen LogP contribution >= 0.6 is 0 Å². The number of carboxylic acid groups (broad SMARTS) is 1. The normalized spacial score (nSPS) is 13.1. The predicted octanol–water partition coefficient (Wildman–Crippen LogP) is 3.40. The van der Waals surface area contributed by atoms with Crippen molar-refractivity contribution in [1.29, 1.82) is 0 Å². The van der Waals surface area contributed by atoms with Crippen LogP contribution in [0.4, 0.5) is 13.6 Å². The van der Waals surface area contributed by atoms with Crippen LogP contribution in [0, 0.1) is 11.6 Å². The van der Waals surface area contributed by atoms with Crippen molar-refractivity contribution < 1.29 is 23.4 Å². The Labute approximate surface area is 207 Å². The number of amides is 1. The van der Waals surface area contributed by atoms with E-state index in [4.69, 9.17) is 4.74 Å². The Bertz CT molecular complexity index is 1650. The maximum Gasteiger partial charge on any atom is 0.407 e. The van der Waals surface area contributed by atoms with Crippen molar-refractivity contribution in [3.05, 3.63) is 78.0 Å². The molecule has 0 aliphatic carbocycles. The Balaban J connectivity index is 1.41. The molecule has 2 aromatic carbocycles. The summed E-state index contributed by atoms with van der Waals surface area (Å²) >= 11 is 0. The minimum atomic E-state index is -1.03. The molecule has 5 aromatic rings. The largest absolute Gasteiger partial charge is 0.468 e. The van der Waals surface area contributed by atoms with Crippen LogP contribution < -0.4 is 4.74 Å². The van der Waals surface area contributed by atoms with Gasteiger partial charge >= 0.3 is 6.09 Å².